The van der Waals surface area contributed by atoms with Crippen molar-refractivity contribution in [1.82, 2.24) is 4.98 Å². The van der Waals surface area contributed by atoms with Crippen molar-refractivity contribution in [3.63, 3.8) is 0 Å². The normalized spacial score (nSPS) is 10.8. The van der Waals surface area contributed by atoms with Gasteiger partial charge in [-0.1, -0.05) is 42.1 Å². The minimum atomic E-state index is 0.686. The van der Waals surface area contributed by atoms with Crippen molar-refractivity contribution in [3.8, 4) is 5.75 Å². The summed E-state index contributed by atoms with van der Waals surface area (Å²) in [5.74, 6) is 1.85. The van der Waals surface area contributed by atoms with E-state index in [1.165, 1.54) is 10.3 Å². The fourth-order valence-corrected chi connectivity index (χ4v) is 3.93. The van der Waals surface area contributed by atoms with Crippen LogP contribution in [-0.4, -0.2) is 11.6 Å². The molecular formula is C16H15NOS2. The third-order valence-electron chi connectivity index (χ3n) is 2.86. The minimum absolute atomic E-state index is 0.686. The molecule has 0 aliphatic carbocycles. The van der Waals surface area contributed by atoms with Crippen LogP contribution in [0.5, 0.6) is 5.75 Å². The average molecular weight is 301 g/mol. The van der Waals surface area contributed by atoms with Crippen molar-refractivity contribution in [2.45, 2.75) is 17.0 Å². The van der Waals surface area contributed by atoms with Gasteiger partial charge in [-0.15, -0.1) is 11.3 Å². The van der Waals surface area contributed by atoms with E-state index in [2.05, 4.69) is 35.3 Å². The Labute approximate surface area is 126 Å². The summed E-state index contributed by atoms with van der Waals surface area (Å²) in [6.45, 7) is 2.68. The molecule has 0 N–H and O–H groups in total. The van der Waals surface area contributed by atoms with Gasteiger partial charge in [0.1, 0.15) is 5.75 Å². The molecular weight excluding hydrogens is 286 g/mol. The van der Waals surface area contributed by atoms with Gasteiger partial charge in [0.15, 0.2) is 4.34 Å². The smallest absolute Gasteiger partial charge is 0.151 e. The summed E-state index contributed by atoms with van der Waals surface area (Å²) in [7, 11) is 0. The Morgan fingerprint density at radius 2 is 2.00 bits per heavy atom. The maximum absolute atomic E-state index is 5.51. The first kappa shape index (κ1) is 13.5. The van der Waals surface area contributed by atoms with Gasteiger partial charge in [-0.25, -0.2) is 4.98 Å². The maximum Gasteiger partial charge on any atom is 0.151 e. The van der Waals surface area contributed by atoms with Crippen molar-refractivity contribution >= 4 is 33.3 Å². The fraction of sp³-hybridized carbons (Fsp3) is 0.188. The van der Waals surface area contributed by atoms with Crippen LogP contribution < -0.4 is 4.74 Å². The molecule has 0 amide bonds. The summed E-state index contributed by atoms with van der Waals surface area (Å²) < 4.78 is 7.83. The van der Waals surface area contributed by atoms with Gasteiger partial charge >= 0.3 is 0 Å². The van der Waals surface area contributed by atoms with Crippen molar-refractivity contribution in [2.75, 3.05) is 6.61 Å². The maximum atomic E-state index is 5.51. The van der Waals surface area contributed by atoms with Gasteiger partial charge in [-0.3, -0.25) is 0 Å². The Morgan fingerprint density at radius 1 is 1.15 bits per heavy atom. The third kappa shape index (κ3) is 3.14. The average Bonchev–Trinajstić information content (AvgIpc) is 2.89. The number of nitrogens with zero attached hydrogens (tertiary/aromatic N) is 1. The van der Waals surface area contributed by atoms with Gasteiger partial charge in [-0.2, -0.15) is 0 Å². The van der Waals surface area contributed by atoms with Crippen molar-refractivity contribution < 1.29 is 4.74 Å². The number of rotatable bonds is 5. The van der Waals surface area contributed by atoms with E-state index in [0.717, 1.165) is 21.4 Å². The summed E-state index contributed by atoms with van der Waals surface area (Å²) >= 11 is 3.52. The van der Waals surface area contributed by atoms with E-state index in [1.807, 2.05) is 25.1 Å². The first-order valence-electron chi connectivity index (χ1n) is 6.55. The van der Waals surface area contributed by atoms with E-state index in [-0.39, 0.29) is 0 Å². The molecule has 0 saturated carbocycles. The predicted molar refractivity (Wildman–Crippen MR) is 86.8 cm³/mol. The quantitative estimate of drug-likeness (QED) is 0.620. The molecule has 0 aliphatic heterocycles. The van der Waals surface area contributed by atoms with Gasteiger partial charge in [0.05, 0.1) is 16.8 Å². The molecule has 102 valence electrons. The SMILES string of the molecule is CCOc1ccc2sc(SCc3ccccc3)nc2c1. The summed E-state index contributed by atoms with van der Waals surface area (Å²) in [4.78, 5) is 4.67. The molecule has 0 fully saturated rings. The van der Waals surface area contributed by atoms with Crippen LogP contribution in [0.3, 0.4) is 0 Å². The van der Waals surface area contributed by atoms with E-state index < -0.39 is 0 Å². The van der Waals surface area contributed by atoms with Gasteiger partial charge in [-0.05, 0) is 24.6 Å². The van der Waals surface area contributed by atoms with Crippen LogP contribution in [0.4, 0.5) is 0 Å². The van der Waals surface area contributed by atoms with Gasteiger partial charge in [0, 0.05) is 11.8 Å². The van der Waals surface area contributed by atoms with E-state index in [1.54, 1.807) is 23.1 Å². The first-order chi connectivity index (χ1) is 9.85. The van der Waals surface area contributed by atoms with E-state index in [9.17, 15) is 0 Å². The molecule has 20 heavy (non-hydrogen) atoms. The molecule has 0 bridgehead atoms. The predicted octanol–water partition coefficient (Wildman–Crippen LogP) is 4.99. The minimum Gasteiger partial charge on any atom is -0.494 e. The summed E-state index contributed by atoms with van der Waals surface area (Å²) in [6, 6.07) is 16.6. The number of thioether (sulfide) groups is 1. The molecule has 0 radical (unpaired) electrons. The molecule has 0 aliphatic rings. The van der Waals surface area contributed by atoms with Crippen LogP contribution >= 0.6 is 23.1 Å². The fourth-order valence-electron chi connectivity index (χ4n) is 1.92. The van der Waals surface area contributed by atoms with E-state index >= 15 is 0 Å². The lowest BCUT2D eigenvalue weighted by molar-refractivity contribution is 0.340. The molecule has 3 aromatic rings. The molecule has 0 spiro atoms. The first-order valence-corrected chi connectivity index (χ1v) is 8.35. The second kappa shape index (κ2) is 6.29. The number of hydrogen-bond acceptors (Lipinski definition) is 4. The highest BCUT2D eigenvalue weighted by atomic mass is 32.2. The van der Waals surface area contributed by atoms with Crippen LogP contribution in [-0.2, 0) is 5.75 Å². The van der Waals surface area contributed by atoms with Gasteiger partial charge < -0.3 is 4.74 Å². The lowest BCUT2D eigenvalue weighted by atomic mass is 10.2. The highest BCUT2D eigenvalue weighted by Gasteiger charge is 2.06. The van der Waals surface area contributed by atoms with Crippen LogP contribution in [0.1, 0.15) is 12.5 Å². The number of ether oxygens (including phenoxy) is 1. The zero-order chi connectivity index (χ0) is 13.8. The highest BCUT2D eigenvalue weighted by Crippen LogP contribution is 2.33. The van der Waals surface area contributed by atoms with E-state index in [0.29, 0.717) is 6.61 Å². The van der Waals surface area contributed by atoms with Gasteiger partial charge in [0.2, 0.25) is 0 Å². The molecule has 0 atom stereocenters. The Balaban J connectivity index is 1.75. The number of hydrogen-bond donors (Lipinski definition) is 0. The zero-order valence-electron chi connectivity index (χ0n) is 11.2. The monoisotopic (exact) mass is 301 g/mol. The standard InChI is InChI=1S/C16H15NOS2/c1-2-18-13-8-9-15-14(10-13)17-16(20-15)19-11-12-6-4-3-5-7-12/h3-10H,2,11H2,1H3. The number of fused-ring (bicyclic) bond motifs is 1. The second-order valence-corrected chi connectivity index (χ2v) is 6.57. The van der Waals surface area contributed by atoms with Crippen LogP contribution in [0, 0.1) is 0 Å². The molecule has 1 heterocycles. The van der Waals surface area contributed by atoms with Gasteiger partial charge in [0.25, 0.3) is 0 Å². The molecule has 4 heteroatoms. The largest absolute Gasteiger partial charge is 0.494 e. The van der Waals surface area contributed by atoms with Crippen molar-refractivity contribution in [3.05, 3.63) is 54.1 Å². The van der Waals surface area contributed by atoms with Crippen LogP contribution in [0.15, 0.2) is 52.9 Å². The molecule has 1 aromatic heterocycles. The van der Waals surface area contributed by atoms with Crippen molar-refractivity contribution in [2.24, 2.45) is 0 Å². The summed E-state index contributed by atoms with van der Waals surface area (Å²) in [5.41, 5.74) is 2.35. The lowest BCUT2D eigenvalue weighted by Crippen LogP contribution is -1.90. The molecule has 2 aromatic carbocycles. The molecule has 2 nitrogen and oxygen atoms in total. The van der Waals surface area contributed by atoms with E-state index in [4.69, 9.17) is 4.74 Å². The van der Waals surface area contributed by atoms with Crippen molar-refractivity contribution in [1.29, 1.82) is 0 Å². The Bertz CT molecular complexity index is 694. The summed E-state index contributed by atoms with van der Waals surface area (Å²) in [5, 5.41) is 0. The second-order valence-electron chi connectivity index (χ2n) is 4.32. The molecule has 0 unspecified atom stereocenters. The number of benzene rings is 2. The third-order valence-corrected chi connectivity index (χ3v) is 5.11. The van der Waals surface area contributed by atoms with Crippen LogP contribution in [0.25, 0.3) is 10.2 Å². The summed E-state index contributed by atoms with van der Waals surface area (Å²) in [6.07, 6.45) is 0. The molecule has 0 saturated heterocycles. The van der Waals surface area contributed by atoms with Crippen LogP contribution in [0.2, 0.25) is 0 Å². The lowest BCUT2D eigenvalue weighted by Gasteiger charge is -2.00. The Kier molecular flexibility index (Phi) is 4.23. The Morgan fingerprint density at radius 3 is 2.80 bits per heavy atom. The Hall–Kier alpha value is -1.52. The molecule has 3 rings (SSSR count). The number of aromatic nitrogens is 1. The number of thiazole rings is 1. The highest BCUT2D eigenvalue weighted by molar-refractivity contribution is 8.00. The topological polar surface area (TPSA) is 22.1 Å². The zero-order valence-corrected chi connectivity index (χ0v) is 12.8.